The third kappa shape index (κ3) is 5.43. The maximum atomic E-state index is 12.7. The molecular formula is C21H20ClN3O4S2. The number of benzene rings is 2. The maximum Gasteiger partial charge on any atom is 0.263 e. The van der Waals surface area contributed by atoms with Gasteiger partial charge in [-0.2, -0.15) is 0 Å². The second kappa shape index (κ2) is 9.35. The van der Waals surface area contributed by atoms with E-state index in [9.17, 15) is 13.2 Å². The Labute approximate surface area is 189 Å². The van der Waals surface area contributed by atoms with E-state index in [2.05, 4.69) is 9.71 Å². The number of hydrogen-bond donors (Lipinski definition) is 1. The number of aromatic nitrogens is 1. The summed E-state index contributed by atoms with van der Waals surface area (Å²) in [4.78, 5) is 19.1. The molecule has 1 aliphatic heterocycles. The van der Waals surface area contributed by atoms with Crippen molar-refractivity contribution in [2.75, 3.05) is 31.0 Å². The van der Waals surface area contributed by atoms with E-state index in [1.165, 1.54) is 6.20 Å². The summed E-state index contributed by atoms with van der Waals surface area (Å²) in [5.41, 5.74) is 1.82. The van der Waals surface area contributed by atoms with Crippen LogP contribution in [0.3, 0.4) is 0 Å². The lowest BCUT2D eigenvalue weighted by atomic mass is 10.1. The monoisotopic (exact) mass is 477 g/mol. The van der Waals surface area contributed by atoms with Crippen LogP contribution in [0.1, 0.15) is 4.88 Å². The van der Waals surface area contributed by atoms with Crippen LogP contribution in [-0.2, 0) is 26.0 Å². The van der Waals surface area contributed by atoms with Crippen LogP contribution in [-0.4, -0.2) is 50.5 Å². The third-order valence-electron chi connectivity index (χ3n) is 4.81. The van der Waals surface area contributed by atoms with Gasteiger partial charge in [-0.25, -0.2) is 13.4 Å². The normalized spacial score (nSPS) is 14.4. The number of anilines is 1. The molecule has 0 atom stereocenters. The second-order valence-corrected chi connectivity index (χ2v) is 10.2. The lowest BCUT2D eigenvalue weighted by Gasteiger charge is -2.26. The number of halogens is 1. The van der Waals surface area contributed by atoms with E-state index in [0.29, 0.717) is 36.2 Å². The highest BCUT2D eigenvalue weighted by Gasteiger charge is 2.20. The number of hydrogen-bond acceptors (Lipinski definition) is 6. The fourth-order valence-corrected chi connectivity index (χ4v) is 5.32. The molecule has 0 radical (unpaired) electrons. The molecule has 0 aliphatic carbocycles. The Morgan fingerprint density at radius 1 is 1.06 bits per heavy atom. The van der Waals surface area contributed by atoms with Gasteiger partial charge in [-0.1, -0.05) is 35.9 Å². The Bertz CT molecular complexity index is 1160. The van der Waals surface area contributed by atoms with Gasteiger partial charge < -0.3 is 9.64 Å². The molecule has 7 nitrogen and oxygen atoms in total. The van der Waals surface area contributed by atoms with Crippen LogP contribution in [0, 0.1) is 0 Å². The number of morpholine rings is 1. The Morgan fingerprint density at radius 3 is 2.32 bits per heavy atom. The molecule has 0 bridgehead atoms. The van der Waals surface area contributed by atoms with E-state index >= 15 is 0 Å². The van der Waals surface area contributed by atoms with Gasteiger partial charge in [0.05, 0.1) is 24.5 Å². The number of amides is 1. The molecule has 1 aromatic heterocycles. The van der Waals surface area contributed by atoms with E-state index in [-0.39, 0.29) is 22.4 Å². The molecule has 0 saturated carbocycles. The number of nitrogens with one attached hydrogen (secondary N) is 1. The molecule has 162 valence electrons. The molecule has 1 N–H and O–H groups in total. The molecule has 3 aromatic rings. The third-order valence-corrected chi connectivity index (χ3v) is 7.46. The smallest absolute Gasteiger partial charge is 0.263 e. The van der Waals surface area contributed by atoms with Crippen molar-refractivity contribution in [1.82, 2.24) is 9.88 Å². The topological polar surface area (TPSA) is 88.6 Å². The van der Waals surface area contributed by atoms with Crippen LogP contribution >= 0.6 is 22.9 Å². The molecule has 31 heavy (non-hydrogen) atoms. The summed E-state index contributed by atoms with van der Waals surface area (Å²) in [6.45, 7) is 2.22. The molecule has 2 aromatic carbocycles. The summed E-state index contributed by atoms with van der Waals surface area (Å²) >= 11 is 7.07. The highest BCUT2D eigenvalue weighted by atomic mass is 35.5. The predicted octanol–water partition coefficient (Wildman–Crippen LogP) is 3.67. The second-order valence-electron chi connectivity index (χ2n) is 6.94. The van der Waals surface area contributed by atoms with Crippen molar-refractivity contribution in [1.29, 1.82) is 0 Å². The van der Waals surface area contributed by atoms with Crippen molar-refractivity contribution < 1.29 is 17.9 Å². The van der Waals surface area contributed by atoms with Gasteiger partial charge in [-0.3, -0.25) is 9.52 Å². The Morgan fingerprint density at radius 2 is 1.68 bits per heavy atom. The molecule has 1 fully saturated rings. The molecule has 2 heterocycles. The first-order valence-corrected chi connectivity index (χ1v) is 12.3. The highest BCUT2D eigenvalue weighted by Crippen LogP contribution is 2.26. The average molecular weight is 478 g/mol. The van der Waals surface area contributed by atoms with Crippen molar-refractivity contribution in [3.8, 4) is 11.1 Å². The summed E-state index contributed by atoms with van der Waals surface area (Å²) < 4.78 is 33.2. The molecule has 1 amide bonds. The number of ether oxygens (including phenoxy) is 1. The van der Waals surface area contributed by atoms with E-state index in [1.807, 2.05) is 12.1 Å². The quantitative estimate of drug-likeness (QED) is 0.585. The van der Waals surface area contributed by atoms with Crippen LogP contribution in [0.15, 0.2) is 59.6 Å². The van der Waals surface area contributed by atoms with Crippen molar-refractivity contribution >= 4 is 44.0 Å². The van der Waals surface area contributed by atoms with Gasteiger partial charge >= 0.3 is 0 Å². The van der Waals surface area contributed by atoms with Gasteiger partial charge in [0.25, 0.3) is 10.0 Å². The fourth-order valence-electron chi connectivity index (χ4n) is 3.15. The van der Waals surface area contributed by atoms with Gasteiger partial charge in [-0.15, -0.1) is 11.3 Å². The Kier molecular flexibility index (Phi) is 6.57. The van der Waals surface area contributed by atoms with Crippen molar-refractivity contribution in [2.45, 2.75) is 11.3 Å². The standard InChI is InChI=1S/C21H20ClN3O4S2/c22-17-5-1-15(2-6-17)16-3-7-19(8-4-16)31(27,28)24-21-23-14-18(30-21)13-20(26)25-9-11-29-12-10-25/h1-8,14H,9-13H2,(H,23,24). The van der Waals surface area contributed by atoms with Gasteiger partial charge in [-0.05, 0) is 35.4 Å². The van der Waals surface area contributed by atoms with Crippen molar-refractivity contribution in [2.24, 2.45) is 0 Å². The van der Waals surface area contributed by atoms with Gasteiger partial charge in [0.15, 0.2) is 5.13 Å². The molecular weight excluding hydrogens is 458 g/mol. The van der Waals surface area contributed by atoms with Gasteiger partial charge in [0.1, 0.15) is 0 Å². The summed E-state index contributed by atoms with van der Waals surface area (Å²) in [6, 6.07) is 13.9. The summed E-state index contributed by atoms with van der Waals surface area (Å²) in [5, 5.41) is 0.869. The first-order valence-electron chi connectivity index (χ1n) is 9.60. The van der Waals surface area contributed by atoms with Gasteiger partial charge in [0, 0.05) is 29.2 Å². The zero-order valence-corrected chi connectivity index (χ0v) is 18.8. The van der Waals surface area contributed by atoms with Crippen LogP contribution in [0.4, 0.5) is 5.13 Å². The minimum absolute atomic E-state index is 0.0147. The minimum atomic E-state index is -3.79. The lowest BCUT2D eigenvalue weighted by molar-refractivity contribution is -0.134. The van der Waals surface area contributed by atoms with Crippen LogP contribution in [0.25, 0.3) is 11.1 Å². The van der Waals surface area contributed by atoms with Crippen molar-refractivity contribution in [3.05, 3.63) is 64.6 Å². The summed E-state index contributed by atoms with van der Waals surface area (Å²) in [7, 11) is -3.79. The van der Waals surface area contributed by atoms with Gasteiger partial charge in [0.2, 0.25) is 5.91 Å². The maximum absolute atomic E-state index is 12.7. The largest absolute Gasteiger partial charge is 0.378 e. The number of carbonyl (C=O) groups excluding carboxylic acids is 1. The van der Waals surface area contributed by atoms with E-state index in [1.54, 1.807) is 41.3 Å². The number of sulfonamides is 1. The van der Waals surface area contributed by atoms with Crippen LogP contribution in [0.5, 0.6) is 0 Å². The fraction of sp³-hybridized carbons (Fsp3) is 0.238. The minimum Gasteiger partial charge on any atom is -0.378 e. The lowest BCUT2D eigenvalue weighted by Crippen LogP contribution is -2.41. The van der Waals surface area contributed by atoms with E-state index < -0.39 is 10.0 Å². The van der Waals surface area contributed by atoms with E-state index in [4.69, 9.17) is 16.3 Å². The first-order chi connectivity index (χ1) is 14.9. The Balaban J connectivity index is 1.41. The highest BCUT2D eigenvalue weighted by molar-refractivity contribution is 7.93. The number of rotatable bonds is 6. The molecule has 4 rings (SSSR count). The van der Waals surface area contributed by atoms with Crippen molar-refractivity contribution in [3.63, 3.8) is 0 Å². The average Bonchev–Trinajstić information content (AvgIpc) is 3.21. The molecule has 10 heteroatoms. The summed E-state index contributed by atoms with van der Waals surface area (Å²) in [6.07, 6.45) is 1.72. The first kappa shape index (κ1) is 21.8. The van der Waals surface area contributed by atoms with Crippen LogP contribution < -0.4 is 4.72 Å². The molecule has 0 unspecified atom stereocenters. The SMILES string of the molecule is O=C(Cc1cnc(NS(=O)(=O)c2ccc(-c3ccc(Cl)cc3)cc2)s1)N1CCOCC1. The molecule has 0 spiro atoms. The predicted molar refractivity (Wildman–Crippen MR) is 121 cm³/mol. The zero-order chi connectivity index (χ0) is 21.8. The number of carbonyl (C=O) groups is 1. The van der Waals surface area contributed by atoms with E-state index in [0.717, 1.165) is 22.5 Å². The zero-order valence-electron chi connectivity index (χ0n) is 16.5. The molecule has 1 saturated heterocycles. The number of thiazole rings is 1. The summed E-state index contributed by atoms with van der Waals surface area (Å²) in [5.74, 6) is -0.0147. The molecule has 1 aliphatic rings. The Hall–Kier alpha value is -2.46. The van der Waals surface area contributed by atoms with Crippen LogP contribution in [0.2, 0.25) is 5.02 Å². The number of nitrogens with zero attached hydrogens (tertiary/aromatic N) is 2.